The molecule has 1 fully saturated rings. The molecule has 0 saturated carbocycles. The van der Waals surface area contributed by atoms with E-state index in [-0.39, 0.29) is 18.6 Å². The predicted octanol–water partition coefficient (Wildman–Crippen LogP) is 0.748. The molecule has 1 unspecified atom stereocenters. The number of aromatic nitrogens is 1. The van der Waals surface area contributed by atoms with E-state index in [0.717, 1.165) is 18.5 Å². The van der Waals surface area contributed by atoms with E-state index in [1.54, 1.807) is 4.90 Å². The van der Waals surface area contributed by atoms with Gasteiger partial charge in [-0.3, -0.25) is 4.79 Å². The lowest BCUT2D eigenvalue weighted by atomic mass is 10.1. The van der Waals surface area contributed by atoms with E-state index in [1.165, 1.54) is 0 Å². The van der Waals surface area contributed by atoms with Crippen molar-refractivity contribution in [3.8, 4) is 0 Å². The van der Waals surface area contributed by atoms with Crippen LogP contribution < -0.4 is 0 Å². The average Bonchev–Trinajstić information content (AvgIpc) is 2.96. The van der Waals surface area contributed by atoms with Gasteiger partial charge in [0.1, 0.15) is 13.2 Å². The Balaban J connectivity index is 1.94. The number of amides is 1. The highest BCUT2D eigenvalue weighted by molar-refractivity contribution is 5.78. The monoisotopic (exact) mass is 268 g/mol. The van der Waals surface area contributed by atoms with E-state index >= 15 is 0 Å². The Morgan fingerprint density at radius 3 is 3.00 bits per heavy atom. The molecule has 7 nitrogen and oxygen atoms in total. The first-order valence-corrected chi connectivity index (χ1v) is 6.10. The van der Waals surface area contributed by atoms with Gasteiger partial charge in [0.25, 0.3) is 0 Å². The molecule has 2 rings (SSSR count). The molecule has 1 atom stereocenters. The second kappa shape index (κ2) is 5.83. The fourth-order valence-corrected chi connectivity index (χ4v) is 2.21. The zero-order valence-electron chi connectivity index (χ0n) is 10.7. The molecule has 1 aliphatic rings. The molecule has 1 aromatic heterocycles. The summed E-state index contributed by atoms with van der Waals surface area (Å²) in [5, 5.41) is 12.3. The van der Waals surface area contributed by atoms with Gasteiger partial charge in [0, 0.05) is 12.6 Å². The number of nitrogens with zero attached hydrogens (tertiary/aromatic N) is 2. The average molecular weight is 268 g/mol. The van der Waals surface area contributed by atoms with E-state index in [2.05, 4.69) is 5.16 Å². The Morgan fingerprint density at radius 1 is 1.58 bits per heavy atom. The minimum atomic E-state index is -1.09. The van der Waals surface area contributed by atoms with Crippen molar-refractivity contribution in [3.63, 3.8) is 0 Å². The zero-order valence-corrected chi connectivity index (χ0v) is 10.7. The molecule has 1 aromatic rings. The maximum absolute atomic E-state index is 12.0. The zero-order chi connectivity index (χ0) is 13.8. The highest BCUT2D eigenvalue weighted by atomic mass is 16.5. The van der Waals surface area contributed by atoms with Crippen molar-refractivity contribution in [1.29, 1.82) is 0 Å². The van der Waals surface area contributed by atoms with Crippen molar-refractivity contribution >= 4 is 11.9 Å². The third kappa shape index (κ3) is 3.31. The van der Waals surface area contributed by atoms with Gasteiger partial charge < -0.3 is 19.3 Å². The maximum Gasteiger partial charge on any atom is 0.329 e. The van der Waals surface area contributed by atoms with Crippen LogP contribution in [0.15, 0.2) is 10.6 Å². The second-order valence-corrected chi connectivity index (χ2v) is 4.50. The number of hydrogen-bond donors (Lipinski definition) is 1. The number of hydrogen-bond acceptors (Lipinski definition) is 5. The van der Waals surface area contributed by atoms with Crippen molar-refractivity contribution in [2.24, 2.45) is 0 Å². The van der Waals surface area contributed by atoms with Crippen molar-refractivity contribution in [2.75, 3.05) is 19.8 Å². The number of likely N-dealkylation sites (tertiary alicyclic amines) is 1. The molecule has 1 N–H and O–H groups in total. The molecule has 0 radical (unpaired) electrons. The Morgan fingerprint density at radius 2 is 2.37 bits per heavy atom. The third-order valence-corrected chi connectivity index (χ3v) is 3.00. The fraction of sp³-hybridized carbons (Fsp3) is 0.583. The van der Waals surface area contributed by atoms with Gasteiger partial charge in [-0.2, -0.15) is 0 Å². The van der Waals surface area contributed by atoms with Crippen molar-refractivity contribution in [3.05, 3.63) is 17.5 Å². The van der Waals surface area contributed by atoms with Crippen LogP contribution in [0.25, 0.3) is 0 Å². The van der Waals surface area contributed by atoms with Crippen molar-refractivity contribution < 1.29 is 24.0 Å². The summed E-state index contributed by atoms with van der Waals surface area (Å²) in [6.07, 6.45) is 1.70. The van der Waals surface area contributed by atoms with Gasteiger partial charge in [-0.15, -0.1) is 0 Å². The molecule has 0 aliphatic carbocycles. The summed E-state index contributed by atoms with van der Waals surface area (Å²) in [4.78, 5) is 23.9. The molecule has 19 heavy (non-hydrogen) atoms. The van der Waals surface area contributed by atoms with E-state index in [1.807, 2.05) is 13.0 Å². The number of carboxylic acid groups (broad SMARTS) is 1. The molecular weight excluding hydrogens is 252 g/mol. The Labute approximate surface area is 110 Å². The third-order valence-electron chi connectivity index (χ3n) is 3.00. The van der Waals surface area contributed by atoms with Crippen LogP contribution >= 0.6 is 0 Å². The van der Waals surface area contributed by atoms with Gasteiger partial charge in [0.05, 0.1) is 11.7 Å². The van der Waals surface area contributed by atoms with E-state index in [0.29, 0.717) is 12.3 Å². The lowest BCUT2D eigenvalue weighted by molar-refractivity contribution is -0.146. The number of rotatable bonds is 5. The first-order valence-electron chi connectivity index (χ1n) is 6.10. The summed E-state index contributed by atoms with van der Waals surface area (Å²) >= 11 is 0. The molecule has 2 heterocycles. The normalized spacial score (nSPS) is 18.8. The van der Waals surface area contributed by atoms with Crippen LogP contribution in [0, 0.1) is 6.92 Å². The number of ether oxygens (including phenoxy) is 1. The number of carbonyl (C=O) groups is 2. The minimum Gasteiger partial charge on any atom is -0.480 e. The summed E-state index contributed by atoms with van der Waals surface area (Å²) in [7, 11) is 0. The first kappa shape index (κ1) is 13.5. The molecule has 0 spiro atoms. The van der Waals surface area contributed by atoms with Crippen LogP contribution in [0.3, 0.4) is 0 Å². The molecule has 1 saturated heterocycles. The van der Waals surface area contributed by atoms with E-state index < -0.39 is 12.6 Å². The Kier molecular flexibility index (Phi) is 4.16. The maximum atomic E-state index is 12.0. The molecular formula is C12H16N2O5. The van der Waals surface area contributed by atoms with Gasteiger partial charge >= 0.3 is 5.97 Å². The standard InChI is InChI=1S/C12H16N2O5/c1-8-5-10(19-13-8)9-3-2-4-14(9)11(15)6-18-7-12(16)17/h5,9H,2-4,6-7H2,1H3,(H,16,17). The molecule has 1 amide bonds. The largest absolute Gasteiger partial charge is 0.480 e. The Hall–Kier alpha value is -1.89. The van der Waals surface area contributed by atoms with Crippen LogP contribution in [-0.4, -0.2) is 46.8 Å². The highest BCUT2D eigenvalue weighted by Gasteiger charge is 2.32. The topological polar surface area (TPSA) is 92.9 Å². The fourth-order valence-electron chi connectivity index (χ4n) is 2.21. The SMILES string of the molecule is Cc1cc(C2CCCN2C(=O)COCC(=O)O)on1. The Bertz CT molecular complexity index is 470. The van der Waals surface area contributed by atoms with Gasteiger partial charge in [-0.05, 0) is 19.8 Å². The number of carboxylic acids is 1. The summed E-state index contributed by atoms with van der Waals surface area (Å²) < 4.78 is 10.0. The molecule has 0 bridgehead atoms. The van der Waals surface area contributed by atoms with Crippen LogP contribution in [0.2, 0.25) is 0 Å². The molecule has 1 aliphatic heterocycles. The van der Waals surface area contributed by atoms with Crippen LogP contribution in [0.4, 0.5) is 0 Å². The highest BCUT2D eigenvalue weighted by Crippen LogP contribution is 2.32. The summed E-state index contributed by atoms with van der Waals surface area (Å²) in [5.41, 5.74) is 0.774. The quantitative estimate of drug-likeness (QED) is 0.847. The minimum absolute atomic E-state index is 0.123. The van der Waals surface area contributed by atoms with E-state index in [9.17, 15) is 9.59 Å². The summed E-state index contributed by atoms with van der Waals surface area (Å²) in [5.74, 6) is -0.643. The smallest absolute Gasteiger partial charge is 0.329 e. The lowest BCUT2D eigenvalue weighted by Crippen LogP contribution is -2.34. The van der Waals surface area contributed by atoms with Gasteiger partial charge in [-0.25, -0.2) is 4.79 Å². The van der Waals surface area contributed by atoms with Crippen LogP contribution in [0.1, 0.15) is 30.3 Å². The number of carbonyl (C=O) groups excluding carboxylic acids is 1. The molecule has 0 aromatic carbocycles. The van der Waals surface area contributed by atoms with Crippen LogP contribution in [0.5, 0.6) is 0 Å². The number of aliphatic carboxylic acids is 1. The summed E-state index contributed by atoms with van der Waals surface area (Å²) in [6.45, 7) is 1.76. The number of aryl methyl sites for hydroxylation is 1. The predicted molar refractivity (Wildman–Crippen MR) is 63.4 cm³/mol. The van der Waals surface area contributed by atoms with Gasteiger partial charge in [0.2, 0.25) is 5.91 Å². The van der Waals surface area contributed by atoms with Gasteiger partial charge in [0.15, 0.2) is 5.76 Å². The lowest BCUT2D eigenvalue weighted by Gasteiger charge is -2.22. The molecule has 104 valence electrons. The summed E-state index contributed by atoms with van der Waals surface area (Å²) in [6, 6.07) is 1.69. The first-order chi connectivity index (χ1) is 9.08. The van der Waals surface area contributed by atoms with Gasteiger partial charge in [-0.1, -0.05) is 5.16 Å². The van der Waals surface area contributed by atoms with Crippen molar-refractivity contribution in [2.45, 2.75) is 25.8 Å². The van der Waals surface area contributed by atoms with Crippen LogP contribution in [-0.2, 0) is 14.3 Å². The second-order valence-electron chi connectivity index (χ2n) is 4.50. The molecule has 7 heteroatoms. The van der Waals surface area contributed by atoms with Crippen molar-refractivity contribution in [1.82, 2.24) is 10.1 Å². The van der Waals surface area contributed by atoms with E-state index in [4.69, 9.17) is 14.4 Å².